The second-order valence-corrected chi connectivity index (χ2v) is 15.1. The molecule has 48 heavy (non-hydrogen) atoms. The standard InChI is InChI=1S/C34H35BF4N2O6S/c1-32(2)33(3,4)47-35(46-32)22-11-8-20(26(16-22)34(37,38)39)14-15-48(43,44)41-27-18-28-25(17-24(27)19-6-7-19)29(31(42)40-5)30(45-28)21-9-12-23(36)13-10-21/h8-13,16-19,41H,6-7,14-15H2,1-5H3,(H,40,42). The van der Waals surface area contributed by atoms with Crippen LogP contribution in [0.4, 0.5) is 23.2 Å². The second kappa shape index (κ2) is 11.9. The van der Waals surface area contributed by atoms with E-state index in [1.165, 1.54) is 49.5 Å². The molecule has 2 heterocycles. The molecule has 2 aliphatic rings. The molecule has 1 aliphatic carbocycles. The van der Waals surface area contributed by atoms with Crippen LogP contribution in [0.5, 0.6) is 0 Å². The zero-order valence-corrected chi connectivity index (χ0v) is 27.9. The molecular weight excluding hydrogens is 651 g/mol. The van der Waals surface area contributed by atoms with Crippen molar-refractivity contribution in [1.82, 2.24) is 5.32 Å². The molecule has 0 unspecified atom stereocenters. The number of amides is 1. The van der Waals surface area contributed by atoms with Gasteiger partial charge in [-0.15, -0.1) is 0 Å². The van der Waals surface area contributed by atoms with Gasteiger partial charge in [0.05, 0.1) is 33.8 Å². The van der Waals surface area contributed by atoms with Gasteiger partial charge in [0.15, 0.2) is 0 Å². The van der Waals surface area contributed by atoms with Crippen molar-refractivity contribution in [3.63, 3.8) is 0 Å². The maximum atomic E-state index is 14.2. The molecule has 2 N–H and O–H groups in total. The Morgan fingerprint density at radius 2 is 1.62 bits per heavy atom. The van der Waals surface area contributed by atoms with Crippen LogP contribution in [0.3, 0.4) is 0 Å². The average molecular weight is 687 g/mol. The molecular formula is C34H35BF4N2O6S. The predicted octanol–water partition coefficient (Wildman–Crippen LogP) is 6.78. The number of carbonyl (C=O) groups is 1. The van der Waals surface area contributed by atoms with Gasteiger partial charge in [-0.1, -0.05) is 12.1 Å². The lowest BCUT2D eigenvalue weighted by Gasteiger charge is -2.32. The van der Waals surface area contributed by atoms with Crippen LogP contribution in [0, 0.1) is 5.82 Å². The first-order chi connectivity index (χ1) is 22.4. The summed E-state index contributed by atoms with van der Waals surface area (Å²) in [7, 11) is -3.71. The Bertz CT molecular complexity index is 1990. The first kappa shape index (κ1) is 34.0. The van der Waals surface area contributed by atoms with Crippen LogP contribution in [-0.4, -0.2) is 45.4 Å². The first-order valence-corrected chi connectivity index (χ1v) is 17.2. The zero-order valence-electron chi connectivity index (χ0n) is 27.0. The number of alkyl halides is 3. The monoisotopic (exact) mass is 686 g/mol. The van der Waals surface area contributed by atoms with Crippen molar-refractivity contribution >= 4 is 45.2 Å². The van der Waals surface area contributed by atoms with E-state index in [0.717, 1.165) is 18.9 Å². The number of halogens is 4. The number of nitrogens with one attached hydrogen (secondary N) is 2. The summed E-state index contributed by atoms with van der Waals surface area (Å²) < 4.78 is 104. The van der Waals surface area contributed by atoms with E-state index in [9.17, 15) is 30.8 Å². The lowest BCUT2D eigenvalue weighted by atomic mass is 9.77. The number of rotatable bonds is 9. The molecule has 0 atom stereocenters. The van der Waals surface area contributed by atoms with Gasteiger partial charge in [0.2, 0.25) is 10.0 Å². The fourth-order valence-electron chi connectivity index (χ4n) is 5.80. The number of fused-ring (bicyclic) bond motifs is 1. The van der Waals surface area contributed by atoms with Gasteiger partial charge in [-0.05, 0) is 106 Å². The Labute approximate surface area is 276 Å². The Morgan fingerprint density at radius 1 is 0.979 bits per heavy atom. The van der Waals surface area contributed by atoms with Crippen LogP contribution >= 0.6 is 0 Å². The highest BCUT2D eigenvalue weighted by Crippen LogP contribution is 2.47. The van der Waals surface area contributed by atoms with Gasteiger partial charge in [0, 0.05) is 24.1 Å². The van der Waals surface area contributed by atoms with Crippen LogP contribution in [0.25, 0.3) is 22.3 Å². The third-order valence-corrected chi connectivity index (χ3v) is 10.6. The molecule has 8 nitrogen and oxygen atoms in total. The molecule has 1 saturated heterocycles. The van der Waals surface area contributed by atoms with E-state index in [1.807, 2.05) is 0 Å². The smallest absolute Gasteiger partial charge is 0.455 e. The molecule has 1 aliphatic heterocycles. The summed E-state index contributed by atoms with van der Waals surface area (Å²) in [5.74, 6) is -1.32. The number of furan rings is 1. The molecule has 2 fully saturated rings. The van der Waals surface area contributed by atoms with Crippen LogP contribution in [0.2, 0.25) is 0 Å². The summed E-state index contributed by atoms with van der Waals surface area (Å²) in [6.45, 7) is 7.20. The van der Waals surface area contributed by atoms with Gasteiger partial charge in [0.1, 0.15) is 17.2 Å². The number of anilines is 1. The van der Waals surface area contributed by atoms with E-state index in [-0.39, 0.29) is 39.5 Å². The normalized spacial score (nSPS) is 17.6. The molecule has 14 heteroatoms. The lowest BCUT2D eigenvalue weighted by molar-refractivity contribution is -0.138. The summed E-state index contributed by atoms with van der Waals surface area (Å²) in [5, 5.41) is 3.05. The summed E-state index contributed by atoms with van der Waals surface area (Å²) in [5.41, 5.74) is -0.712. The predicted molar refractivity (Wildman–Crippen MR) is 175 cm³/mol. The Balaban J connectivity index is 1.29. The summed E-state index contributed by atoms with van der Waals surface area (Å²) >= 11 is 0. The van der Waals surface area contributed by atoms with Crippen molar-refractivity contribution in [3.05, 3.63) is 82.7 Å². The Kier molecular flexibility index (Phi) is 8.44. The van der Waals surface area contributed by atoms with E-state index in [2.05, 4.69) is 10.0 Å². The van der Waals surface area contributed by atoms with Crippen LogP contribution in [0.1, 0.15) is 73.5 Å². The molecule has 4 aromatic rings. The number of hydrogen-bond acceptors (Lipinski definition) is 6. The number of benzene rings is 3. The minimum absolute atomic E-state index is 0.0214. The Hall–Kier alpha value is -3.88. The van der Waals surface area contributed by atoms with Crippen molar-refractivity contribution in [2.75, 3.05) is 17.5 Å². The molecule has 6 rings (SSSR count). The van der Waals surface area contributed by atoms with Gasteiger partial charge in [-0.2, -0.15) is 13.2 Å². The molecule has 0 bridgehead atoms. The molecule has 0 radical (unpaired) electrons. The third kappa shape index (κ3) is 6.57. The van der Waals surface area contributed by atoms with Crippen molar-refractivity contribution in [2.24, 2.45) is 0 Å². The third-order valence-electron chi connectivity index (χ3n) is 9.31. The molecule has 1 amide bonds. The lowest BCUT2D eigenvalue weighted by Crippen LogP contribution is -2.41. The van der Waals surface area contributed by atoms with Crippen molar-refractivity contribution in [1.29, 1.82) is 0 Å². The fourth-order valence-corrected chi connectivity index (χ4v) is 6.90. The SMILES string of the molecule is CNC(=O)c1c(-c2ccc(F)cc2)oc2cc(NS(=O)(=O)CCc3ccc(B4OC(C)(C)C(C)(C)O4)cc3C(F)(F)F)c(C3CC3)cc12. The van der Waals surface area contributed by atoms with E-state index < -0.39 is 64.0 Å². The maximum Gasteiger partial charge on any atom is 0.494 e. The van der Waals surface area contributed by atoms with Crippen LogP contribution in [0.15, 0.2) is 59.0 Å². The van der Waals surface area contributed by atoms with E-state index in [1.54, 1.807) is 33.8 Å². The van der Waals surface area contributed by atoms with Gasteiger partial charge in [-0.3, -0.25) is 9.52 Å². The molecule has 0 spiro atoms. The highest BCUT2D eigenvalue weighted by Gasteiger charge is 2.52. The minimum Gasteiger partial charge on any atom is -0.455 e. The number of sulfonamides is 1. The fraction of sp³-hybridized carbons (Fsp3) is 0.382. The highest BCUT2D eigenvalue weighted by molar-refractivity contribution is 7.92. The van der Waals surface area contributed by atoms with E-state index >= 15 is 0 Å². The molecule has 1 aromatic heterocycles. The van der Waals surface area contributed by atoms with Crippen molar-refractivity contribution in [3.8, 4) is 11.3 Å². The summed E-state index contributed by atoms with van der Waals surface area (Å²) in [6.07, 6.45) is -3.57. The van der Waals surface area contributed by atoms with Crippen molar-refractivity contribution < 1.29 is 44.5 Å². The topological polar surface area (TPSA) is 107 Å². The summed E-state index contributed by atoms with van der Waals surface area (Å²) in [4.78, 5) is 13.0. The zero-order chi connectivity index (χ0) is 34.8. The van der Waals surface area contributed by atoms with Gasteiger partial charge < -0.3 is 19.0 Å². The average Bonchev–Trinajstić information content (AvgIpc) is 3.74. The minimum atomic E-state index is -4.75. The van der Waals surface area contributed by atoms with E-state index in [4.69, 9.17) is 13.7 Å². The van der Waals surface area contributed by atoms with Crippen molar-refractivity contribution in [2.45, 2.75) is 70.3 Å². The summed E-state index contributed by atoms with van der Waals surface area (Å²) in [6, 6.07) is 12.3. The first-order valence-electron chi connectivity index (χ1n) is 15.5. The largest absolute Gasteiger partial charge is 0.494 e. The number of aryl methyl sites for hydroxylation is 1. The molecule has 254 valence electrons. The highest BCUT2D eigenvalue weighted by atomic mass is 32.2. The maximum absolute atomic E-state index is 14.2. The van der Waals surface area contributed by atoms with E-state index in [0.29, 0.717) is 16.5 Å². The second-order valence-electron chi connectivity index (χ2n) is 13.3. The van der Waals surface area contributed by atoms with Gasteiger partial charge in [-0.25, -0.2) is 12.8 Å². The number of hydrogen-bond donors (Lipinski definition) is 2. The molecule has 1 saturated carbocycles. The van der Waals surface area contributed by atoms with Gasteiger partial charge in [0.25, 0.3) is 5.91 Å². The number of carbonyl (C=O) groups excluding carboxylic acids is 1. The van der Waals surface area contributed by atoms with Gasteiger partial charge >= 0.3 is 13.3 Å². The molecule has 3 aromatic carbocycles. The quantitative estimate of drug-likeness (QED) is 0.149. The van der Waals surface area contributed by atoms with Crippen LogP contribution in [-0.2, 0) is 31.9 Å². The van der Waals surface area contributed by atoms with Crippen LogP contribution < -0.4 is 15.5 Å². The Morgan fingerprint density at radius 3 is 2.21 bits per heavy atom.